The van der Waals surface area contributed by atoms with E-state index in [1.54, 1.807) is 0 Å². The van der Waals surface area contributed by atoms with Gasteiger partial charge in [0.15, 0.2) is 0 Å². The molecule has 0 saturated heterocycles. The Labute approximate surface area is 597 Å². The van der Waals surface area contributed by atoms with Gasteiger partial charge in [0.1, 0.15) is 0 Å². The van der Waals surface area contributed by atoms with Crippen molar-refractivity contribution < 1.29 is 0 Å². The Balaban J connectivity index is 0.000000126. The van der Waals surface area contributed by atoms with Crippen LogP contribution in [0.15, 0.2) is 303 Å². The van der Waals surface area contributed by atoms with E-state index in [1.165, 1.54) is 137 Å². The smallest absolute Gasteiger partial charge is 0.0474 e. The van der Waals surface area contributed by atoms with E-state index in [4.69, 9.17) is 11.6 Å². The Morgan fingerprint density at radius 1 is 0.227 bits per heavy atom. The van der Waals surface area contributed by atoms with Gasteiger partial charge in [-0.3, -0.25) is 0 Å². The van der Waals surface area contributed by atoms with E-state index in [9.17, 15) is 0 Å². The van der Waals surface area contributed by atoms with Crippen molar-refractivity contribution in [1.82, 2.24) is 0 Å². The zero-order valence-electron chi connectivity index (χ0n) is 55.5. The maximum atomic E-state index is 6.04. The average Bonchev–Trinajstić information content (AvgIpc) is 0.790. The van der Waals surface area contributed by atoms with Gasteiger partial charge in [-0.05, 0) is 249 Å². The van der Waals surface area contributed by atoms with Gasteiger partial charge >= 0.3 is 0 Å². The van der Waals surface area contributed by atoms with Crippen LogP contribution in [0.1, 0.15) is 50.1 Å². The number of halogens is 3. The summed E-state index contributed by atoms with van der Waals surface area (Å²) in [6.45, 7) is 12.8. The highest BCUT2D eigenvalue weighted by atomic mass is 127. The molecule has 0 aliphatic heterocycles. The normalized spacial score (nSPS) is 11.3. The fraction of sp³-hybridized carbons (Fsp3) is 0.0989. The third kappa shape index (κ3) is 14.4. The summed E-state index contributed by atoms with van der Waals surface area (Å²) in [5.41, 5.74) is 21.8. The molecule has 97 heavy (non-hydrogen) atoms. The van der Waals surface area contributed by atoms with Crippen molar-refractivity contribution in [1.29, 1.82) is 0 Å². The Morgan fingerprint density at radius 3 is 0.784 bits per heavy atom. The molecule has 0 N–H and O–H groups in total. The van der Waals surface area contributed by atoms with Gasteiger partial charge in [-0.1, -0.05) is 260 Å². The average molecular weight is 1450 g/mol. The van der Waals surface area contributed by atoms with Crippen molar-refractivity contribution in [3.8, 4) is 0 Å². The van der Waals surface area contributed by atoms with Crippen molar-refractivity contribution in [2.45, 2.75) is 57.2 Å². The van der Waals surface area contributed by atoms with Gasteiger partial charge in [0.05, 0.1) is 0 Å². The molecule has 0 fully saturated rings. The summed E-state index contributed by atoms with van der Waals surface area (Å²) in [5, 5.41) is 18.4. The predicted octanol–water partition coefficient (Wildman–Crippen LogP) is 28.0. The number of hydrogen-bond donors (Lipinski definition) is 0. The summed E-state index contributed by atoms with van der Waals surface area (Å²) in [5.74, 6) is 0.528. The molecule has 0 spiro atoms. The summed E-state index contributed by atoms with van der Waals surface area (Å²) < 4.78 is 1.01. The summed E-state index contributed by atoms with van der Waals surface area (Å²) in [6, 6.07) is 111. The molecular weight excluding hydrogens is 1380 g/mol. The van der Waals surface area contributed by atoms with Crippen LogP contribution in [0.5, 0.6) is 0 Å². The minimum atomic E-state index is 0.528. The molecular formula is C91H74BrClIN3. The molecule has 0 atom stereocenters. The Morgan fingerprint density at radius 2 is 0.443 bits per heavy atom. The second-order valence-corrected chi connectivity index (χ2v) is 27.4. The van der Waals surface area contributed by atoms with Crippen LogP contribution < -0.4 is 14.7 Å². The van der Waals surface area contributed by atoms with E-state index in [1.807, 2.05) is 0 Å². The lowest BCUT2D eigenvalue weighted by atomic mass is 10.0. The minimum Gasteiger partial charge on any atom is -0.310 e. The van der Waals surface area contributed by atoms with Crippen molar-refractivity contribution >= 4 is 177 Å². The molecule has 0 bridgehead atoms. The van der Waals surface area contributed by atoms with Gasteiger partial charge in [0, 0.05) is 66.8 Å². The zero-order chi connectivity index (χ0) is 66.7. The summed E-state index contributed by atoms with van der Waals surface area (Å²) >= 11 is 12.1. The van der Waals surface area contributed by atoms with Crippen molar-refractivity contribution in [3.63, 3.8) is 0 Å². The first-order valence-corrected chi connectivity index (χ1v) is 36.3. The van der Waals surface area contributed by atoms with E-state index in [0.29, 0.717) is 5.88 Å². The number of hydrogen-bond acceptors (Lipinski definition) is 3. The van der Waals surface area contributed by atoms with Gasteiger partial charge in [0.2, 0.25) is 0 Å². The number of aryl methyl sites for hydroxylation is 6. The molecule has 3 nitrogen and oxygen atoms in total. The number of benzene rings is 16. The summed E-state index contributed by atoms with van der Waals surface area (Å²) in [4.78, 5) is 7.06. The molecule has 0 aliphatic rings. The standard InChI is InChI=1S/C33H26BrN.C33H26IN.C25H22ClN/c1-22-3-6-28-18-31(13-10-26(28)15-22)35(32-14-11-27-16-23(2)4-7-29(27)19-32)33-12-9-25-8-5-24(21-34)17-30(25)20-33;1-22-3-6-25-9-12-31(18-28(25)15-22)35(32-13-10-26-7-4-23(2)16-29(26)19-32)33-14-11-27-8-5-24(21-34)17-30(27)20-33;1-18-3-10-23(11-4-18)27(24-12-5-19(2)6-13-24)25-14-9-21-8-7-20(17-26)15-22(21)16-25/h2*3-20H,21H2,1-2H3;3-16H,17H2,1-2H3. The lowest BCUT2D eigenvalue weighted by Gasteiger charge is -2.26. The lowest BCUT2D eigenvalue weighted by Crippen LogP contribution is -2.10. The molecule has 474 valence electrons. The molecule has 0 saturated carbocycles. The topological polar surface area (TPSA) is 9.72 Å². The van der Waals surface area contributed by atoms with E-state index in [-0.39, 0.29) is 0 Å². The number of rotatable bonds is 12. The summed E-state index contributed by atoms with van der Waals surface area (Å²) in [7, 11) is 0. The molecule has 0 radical (unpaired) electrons. The molecule has 16 aromatic rings. The summed E-state index contributed by atoms with van der Waals surface area (Å²) in [6.07, 6.45) is 0. The van der Waals surface area contributed by atoms with Crippen LogP contribution in [0.4, 0.5) is 51.2 Å². The Bertz CT molecular complexity index is 5370. The maximum Gasteiger partial charge on any atom is 0.0474 e. The van der Waals surface area contributed by atoms with Gasteiger partial charge < -0.3 is 14.7 Å². The second kappa shape index (κ2) is 28.5. The SMILES string of the molecule is Cc1ccc(N(c2ccc(C)cc2)c2ccc3ccc(CCl)cc3c2)cc1.Cc1ccc2cc(N(c3ccc4cc(C)ccc4c3)c3ccc4ccc(CBr)cc4c3)ccc2c1.Cc1ccc2ccc(N(c3ccc4ccc(C)cc4c3)c3ccc4ccc(CI)cc4c3)cc2c1. The third-order valence-electron chi connectivity index (χ3n) is 18.4. The van der Waals surface area contributed by atoms with E-state index in [2.05, 4.69) is 398 Å². The lowest BCUT2D eigenvalue weighted by molar-refractivity contribution is 1.27. The number of anilines is 9. The van der Waals surface area contributed by atoms with Crippen LogP contribution in [-0.2, 0) is 15.6 Å². The monoisotopic (exact) mass is 1450 g/mol. The second-order valence-electron chi connectivity index (χ2n) is 25.8. The van der Waals surface area contributed by atoms with E-state index >= 15 is 0 Å². The highest BCUT2D eigenvalue weighted by molar-refractivity contribution is 14.1. The largest absolute Gasteiger partial charge is 0.310 e. The van der Waals surface area contributed by atoms with Gasteiger partial charge in [-0.2, -0.15) is 0 Å². The molecule has 6 heteroatoms. The number of fused-ring (bicyclic) bond motifs is 7. The van der Waals surface area contributed by atoms with Gasteiger partial charge in [0.25, 0.3) is 0 Å². The number of nitrogens with zero attached hydrogens (tertiary/aromatic N) is 3. The molecule has 16 aromatic carbocycles. The molecule has 16 rings (SSSR count). The predicted molar refractivity (Wildman–Crippen MR) is 434 cm³/mol. The van der Waals surface area contributed by atoms with Gasteiger partial charge in [-0.25, -0.2) is 0 Å². The third-order valence-corrected chi connectivity index (χ3v) is 20.3. The fourth-order valence-electron chi connectivity index (χ4n) is 13.2. The molecule has 0 amide bonds. The van der Waals surface area contributed by atoms with Crippen molar-refractivity contribution in [2.75, 3.05) is 14.7 Å². The first-order valence-electron chi connectivity index (χ1n) is 33.1. The highest BCUT2D eigenvalue weighted by Gasteiger charge is 2.19. The van der Waals surface area contributed by atoms with Crippen LogP contribution in [0.25, 0.3) is 75.4 Å². The quantitative estimate of drug-likeness (QED) is 0.0892. The van der Waals surface area contributed by atoms with Crippen LogP contribution in [0.3, 0.4) is 0 Å². The molecule has 0 aliphatic carbocycles. The zero-order valence-corrected chi connectivity index (χ0v) is 60.0. The van der Waals surface area contributed by atoms with Crippen molar-refractivity contribution in [3.05, 3.63) is 353 Å². The maximum absolute atomic E-state index is 6.04. The van der Waals surface area contributed by atoms with Crippen LogP contribution in [-0.4, -0.2) is 0 Å². The fourth-order valence-corrected chi connectivity index (χ4v) is 14.2. The first-order chi connectivity index (χ1) is 47.3. The van der Waals surface area contributed by atoms with Crippen LogP contribution in [0, 0.1) is 41.5 Å². The van der Waals surface area contributed by atoms with E-state index in [0.717, 1.165) is 49.4 Å². The Hall–Kier alpha value is -9.76. The molecule has 0 aromatic heterocycles. The first kappa shape index (κ1) is 64.6. The van der Waals surface area contributed by atoms with E-state index < -0.39 is 0 Å². The molecule has 0 unspecified atom stereocenters. The van der Waals surface area contributed by atoms with Gasteiger partial charge in [-0.15, -0.1) is 11.6 Å². The van der Waals surface area contributed by atoms with Crippen LogP contribution in [0.2, 0.25) is 0 Å². The van der Waals surface area contributed by atoms with Crippen molar-refractivity contribution in [2.24, 2.45) is 0 Å². The Kier molecular flexibility index (Phi) is 19.0. The highest BCUT2D eigenvalue weighted by Crippen LogP contribution is 2.43. The number of alkyl halides is 3. The minimum absolute atomic E-state index is 0.528. The van der Waals surface area contributed by atoms with Crippen LogP contribution >= 0.6 is 50.1 Å². The molecule has 0 heterocycles.